The maximum absolute atomic E-state index is 13.7. The second kappa shape index (κ2) is 9.78. The third-order valence-corrected chi connectivity index (χ3v) is 11.3. The first-order valence-corrected chi connectivity index (χ1v) is 13.9. The van der Waals surface area contributed by atoms with Crippen LogP contribution < -0.4 is 0 Å². The molecule has 1 aliphatic carbocycles. The summed E-state index contributed by atoms with van der Waals surface area (Å²) in [5, 5.41) is 32.3. The van der Waals surface area contributed by atoms with Gasteiger partial charge in [0.05, 0.1) is 6.61 Å². The molecule has 0 radical (unpaired) electrons. The Hall–Kier alpha value is -1.24. The summed E-state index contributed by atoms with van der Waals surface area (Å²) in [5.41, 5.74) is 0.475. The molecule has 10 heteroatoms. The predicted molar refractivity (Wildman–Crippen MR) is 120 cm³/mol. The van der Waals surface area contributed by atoms with Gasteiger partial charge in [-0.25, -0.2) is 8.78 Å². The van der Waals surface area contributed by atoms with Crippen molar-refractivity contribution >= 4 is 14.4 Å². The van der Waals surface area contributed by atoms with Crippen molar-refractivity contribution in [1.29, 1.82) is 0 Å². The third-order valence-electron chi connectivity index (χ3n) is 6.82. The summed E-state index contributed by atoms with van der Waals surface area (Å²) in [4.78, 5) is 0. The third kappa shape index (κ3) is 5.38. The Bertz CT molecular complexity index is 873. The molecule has 0 spiro atoms. The highest BCUT2D eigenvalue weighted by molar-refractivity contribution is 6.74. The normalized spacial score (nSPS) is 32.6. The van der Waals surface area contributed by atoms with Gasteiger partial charge in [0, 0.05) is 7.11 Å². The zero-order chi connectivity index (χ0) is 24.7. The van der Waals surface area contributed by atoms with Crippen LogP contribution in [0.1, 0.15) is 38.0 Å². The summed E-state index contributed by atoms with van der Waals surface area (Å²) in [7, 11) is -0.787. The lowest BCUT2D eigenvalue weighted by Gasteiger charge is -2.45. The number of methoxy groups -OCH3 is 1. The quantitative estimate of drug-likeness (QED) is 0.530. The van der Waals surface area contributed by atoms with Gasteiger partial charge in [0.25, 0.3) is 0 Å². The minimum atomic E-state index is -2.15. The average molecular weight is 489 g/mol. The molecule has 7 atom stereocenters. The number of hydrogen-bond acceptors (Lipinski definition) is 7. The molecule has 1 fully saturated rings. The molecule has 0 unspecified atom stereocenters. The zero-order valence-electron chi connectivity index (χ0n) is 19.8. The van der Waals surface area contributed by atoms with E-state index < -0.39 is 62.9 Å². The molecule has 1 aromatic carbocycles. The molecule has 1 aromatic rings. The lowest BCUT2D eigenvalue weighted by Crippen LogP contribution is -2.61. The highest BCUT2D eigenvalue weighted by atomic mass is 28.4. The van der Waals surface area contributed by atoms with Crippen LogP contribution in [0.2, 0.25) is 18.1 Å². The predicted octanol–water partition coefficient (Wildman–Crippen LogP) is 2.89. The largest absolute Gasteiger partial charge is 0.414 e. The lowest BCUT2D eigenvalue weighted by atomic mass is 9.91. The molecule has 0 amide bonds. The second-order valence-corrected chi connectivity index (χ2v) is 14.9. The molecule has 1 aliphatic heterocycles. The van der Waals surface area contributed by atoms with Gasteiger partial charge in [0.15, 0.2) is 26.2 Å². The van der Waals surface area contributed by atoms with E-state index in [4.69, 9.17) is 18.6 Å². The fourth-order valence-electron chi connectivity index (χ4n) is 3.66. The Balaban J connectivity index is 1.77. The van der Waals surface area contributed by atoms with Crippen molar-refractivity contribution in [3.63, 3.8) is 0 Å². The molecule has 2 aliphatic rings. The van der Waals surface area contributed by atoms with Gasteiger partial charge in [-0.2, -0.15) is 0 Å². The van der Waals surface area contributed by atoms with E-state index in [-0.39, 0.29) is 17.2 Å². The number of benzene rings is 1. The van der Waals surface area contributed by atoms with Crippen LogP contribution in [0, 0.1) is 11.6 Å². The fraction of sp³-hybridized carbons (Fsp3) is 0.652. The van der Waals surface area contributed by atoms with Gasteiger partial charge < -0.3 is 34.0 Å². The number of rotatable bonds is 6. The molecule has 7 nitrogen and oxygen atoms in total. The van der Waals surface area contributed by atoms with Crippen LogP contribution in [0.5, 0.6) is 0 Å². The lowest BCUT2D eigenvalue weighted by molar-refractivity contribution is -0.307. The van der Waals surface area contributed by atoms with Crippen molar-refractivity contribution in [2.24, 2.45) is 0 Å². The smallest absolute Gasteiger partial charge is 0.192 e. The van der Waals surface area contributed by atoms with E-state index in [1.54, 1.807) is 0 Å². The van der Waals surface area contributed by atoms with E-state index in [2.05, 4.69) is 33.9 Å². The van der Waals surface area contributed by atoms with E-state index in [1.807, 2.05) is 0 Å². The molecule has 0 saturated carbocycles. The van der Waals surface area contributed by atoms with E-state index in [1.165, 1.54) is 19.3 Å². The first-order chi connectivity index (χ1) is 15.3. The van der Waals surface area contributed by atoms with Crippen molar-refractivity contribution in [2.75, 3.05) is 13.7 Å². The minimum absolute atomic E-state index is 0.0537. The van der Waals surface area contributed by atoms with E-state index in [0.717, 1.165) is 12.1 Å². The van der Waals surface area contributed by atoms with Crippen LogP contribution in [0.4, 0.5) is 8.78 Å². The summed E-state index contributed by atoms with van der Waals surface area (Å²) in [6.07, 6.45) is -5.14. The monoisotopic (exact) mass is 488 g/mol. The van der Waals surface area contributed by atoms with Gasteiger partial charge in [-0.15, -0.1) is 0 Å². The topological polar surface area (TPSA) is 97.6 Å². The highest BCUT2D eigenvalue weighted by Gasteiger charge is 2.48. The van der Waals surface area contributed by atoms with Crippen molar-refractivity contribution in [3.8, 4) is 0 Å². The van der Waals surface area contributed by atoms with Crippen molar-refractivity contribution in [3.05, 3.63) is 41.0 Å². The Morgan fingerprint density at radius 3 is 2.30 bits per heavy atom. The average Bonchev–Trinajstić information content (AvgIpc) is 2.73. The van der Waals surface area contributed by atoms with Crippen LogP contribution in [-0.2, 0) is 18.6 Å². The van der Waals surface area contributed by atoms with Gasteiger partial charge in [0.1, 0.15) is 36.6 Å². The van der Waals surface area contributed by atoms with E-state index in [0.29, 0.717) is 5.56 Å². The van der Waals surface area contributed by atoms with Gasteiger partial charge in [-0.3, -0.25) is 0 Å². The molecule has 3 rings (SSSR count). The summed E-state index contributed by atoms with van der Waals surface area (Å²) < 4.78 is 50.3. The molecule has 3 N–H and O–H groups in total. The highest BCUT2D eigenvalue weighted by Crippen LogP contribution is 2.38. The minimum Gasteiger partial charge on any atom is -0.414 e. The number of aliphatic hydroxyl groups excluding tert-OH is 3. The van der Waals surface area contributed by atoms with Crippen LogP contribution in [0.15, 0.2) is 18.2 Å². The molecule has 0 bridgehead atoms. The second-order valence-electron chi connectivity index (χ2n) is 10.1. The Morgan fingerprint density at radius 2 is 1.70 bits per heavy atom. The van der Waals surface area contributed by atoms with E-state index >= 15 is 0 Å². The Labute approximate surface area is 194 Å². The molecule has 1 heterocycles. The SMILES string of the molecule is CO[C@H]1O[C@H](CO[Si](C)(C)C(C)(C)C)[C@@H](O)[C@H](O[C@@H]2C=Cc3cc(F)c(F)cc3[C@H]2O)[C@@H]1O. The number of halogens is 2. The van der Waals surface area contributed by atoms with Crippen molar-refractivity contribution in [2.45, 2.75) is 81.8 Å². The number of ether oxygens (including phenoxy) is 3. The Morgan fingerprint density at radius 1 is 1.06 bits per heavy atom. The van der Waals surface area contributed by atoms with Gasteiger partial charge in [-0.05, 0) is 41.4 Å². The van der Waals surface area contributed by atoms with Crippen LogP contribution in [-0.4, -0.2) is 74.2 Å². The maximum Gasteiger partial charge on any atom is 0.192 e. The number of aliphatic hydroxyl groups is 3. The van der Waals surface area contributed by atoms with Gasteiger partial charge in [-0.1, -0.05) is 32.9 Å². The van der Waals surface area contributed by atoms with Crippen LogP contribution in [0.25, 0.3) is 6.08 Å². The van der Waals surface area contributed by atoms with Gasteiger partial charge in [0.2, 0.25) is 0 Å². The summed E-state index contributed by atoms with van der Waals surface area (Å²) >= 11 is 0. The number of fused-ring (bicyclic) bond motifs is 1. The van der Waals surface area contributed by atoms with Gasteiger partial charge >= 0.3 is 0 Å². The standard InChI is InChI=1S/C23H34F2O7Si/c1-23(2,3)33(5,6)30-11-17-19(27)21(20(28)22(29-4)32-17)31-16-8-7-12-9-14(24)15(25)10-13(12)18(16)26/h7-10,16-22,26-28H,11H2,1-6H3/t16-,17-,18-,19-,20+,21+,22+/m1/s1. The molecule has 186 valence electrons. The van der Waals surface area contributed by atoms with Crippen molar-refractivity contribution < 1.29 is 42.7 Å². The fourth-order valence-corrected chi connectivity index (χ4v) is 4.68. The van der Waals surface area contributed by atoms with Crippen molar-refractivity contribution in [1.82, 2.24) is 0 Å². The number of hydrogen-bond donors (Lipinski definition) is 3. The molecule has 0 aromatic heterocycles. The molecule has 1 saturated heterocycles. The zero-order valence-corrected chi connectivity index (χ0v) is 20.8. The molecular weight excluding hydrogens is 454 g/mol. The van der Waals surface area contributed by atoms with E-state index in [9.17, 15) is 24.1 Å². The molecule has 33 heavy (non-hydrogen) atoms. The van der Waals surface area contributed by atoms with Crippen LogP contribution in [0.3, 0.4) is 0 Å². The molecular formula is C23H34F2O7Si. The first kappa shape index (κ1) is 26.4. The Kier molecular flexibility index (Phi) is 7.82. The summed E-state index contributed by atoms with van der Waals surface area (Å²) in [5.74, 6) is -2.11. The van der Waals surface area contributed by atoms with Crippen LogP contribution >= 0.6 is 0 Å². The maximum atomic E-state index is 13.7. The first-order valence-electron chi connectivity index (χ1n) is 11.0. The summed E-state index contributed by atoms with van der Waals surface area (Å²) in [6.45, 7) is 10.5. The summed E-state index contributed by atoms with van der Waals surface area (Å²) in [6, 6.07) is 1.91.